The Balaban J connectivity index is 1.62. The molecule has 2 fully saturated rings. The number of carbonyl (C=O) groups is 1. The van der Waals surface area contributed by atoms with Crippen LogP contribution in [0.1, 0.15) is 37.7 Å². The van der Waals surface area contributed by atoms with Crippen LogP contribution in [0, 0.1) is 17.8 Å². The third-order valence-electron chi connectivity index (χ3n) is 5.18. The molecule has 0 aromatic carbocycles. The Labute approximate surface area is 139 Å². The summed E-state index contributed by atoms with van der Waals surface area (Å²) in [5.41, 5.74) is 7.52. The van der Waals surface area contributed by atoms with E-state index in [4.69, 9.17) is 5.73 Å². The number of nitrogens with zero attached hydrogens (tertiary/aromatic N) is 1. The largest absolute Gasteiger partial charge is 0.341 e. The molecule has 1 aromatic heterocycles. The minimum absolute atomic E-state index is 0.187. The maximum atomic E-state index is 12.7. The van der Waals surface area contributed by atoms with Gasteiger partial charge < -0.3 is 10.6 Å². The summed E-state index contributed by atoms with van der Waals surface area (Å²) in [6.45, 7) is 0.707. The molecular weight excluding hydrogens is 348 g/mol. The number of thiophene rings is 1. The van der Waals surface area contributed by atoms with Gasteiger partial charge in [-0.3, -0.25) is 4.79 Å². The molecule has 1 heterocycles. The summed E-state index contributed by atoms with van der Waals surface area (Å²) in [7, 11) is 1.93. The van der Waals surface area contributed by atoms with Crippen LogP contribution in [0.4, 0.5) is 0 Å². The lowest BCUT2D eigenvalue weighted by Gasteiger charge is -2.44. The molecule has 116 valence electrons. The van der Waals surface area contributed by atoms with Crippen LogP contribution in [-0.4, -0.2) is 23.9 Å². The van der Waals surface area contributed by atoms with Gasteiger partial charge in [-0.25, -0.2) is 0 Å². The van der Waals surface area contributed by atoms with Crippen LogP contribution >= 0.6 is 27.3 Å². The van der Waals surface area contributed by atoms with Crippen LogP contribution in [-0.2, 0) is 11.3 Å². The van der Waals surface area contributed by atoms with Crippen molar-refractivity contribution in [3.63, 3.8) is 0 Å². The molecule has 5 heteroatoms. The highest BCUT2D eigenvalue weighted by Crippen LogP contribution is 2.42. The maximum Gasteiger partial charge on any atom is 0.225 e. The first-order valence-electron chi connectivity index (χ1n) is 7.78. The molecule has 3 rings (SSSR count). The number of halogens is 1. The van der Waals surface area contributed by atoms with Crippen LogP contribution in [0.15, 0.2) is 15.2 Å². The molecule has 1 amide bonds. The highest BCUT2D eigenvalue weighted by atomic mass is 79.9. The van der Waals surface area contributed by atoms with Gasteiger partial charge in [0.05, 0.1) is 3.79 Å². The second-order valence-electron chi connectivity index (χ2n) is 6.65. The van der Waals surface area contributed by atoms with E-state index in [9.17, 15) is 4.79 Å². The zero-order valence-electron chi connectivity index (χ0n) is 12.4. The molecule has 2 atom stereocenters. The fourth-order valence-corrected chi connectivity index (χ4v) is 5.28. The molecular formula is C16H23BrN2OS. The van der Waals surface area contributed by atoms with Gasteiger partial charge >= 0.3 is 0 Å². The van der Waals surface area contributed by atoms with Crippen molar-refractivity contribution in [2.45, 2.75) is 44.7 Å². The summed E-state index contributed by atoms with van der Waals surface area (Å²) < 4.78 is 1.12. The number of hydrogen-bond donors (Lipinski definition) is 1. The van der Waals surface area contributed by atoms with Crippen LogP contribution in [0.25, 0.3) is 0 Å². The highest BCUT2D eigenvalue weighted by Gasteiger charge is 2.41. The van der Waals surface area contributed by atoms with E-state index in [0.29, 0.717) is 30.3 Å². The number of nitrogens with two attached hydrogens (primary N) is 1. The third kappa shape index (κ3) is 3.35. The van der Waals surface area contributed by atoms with Gasteiger partial charge in [0, 0.05) is 25.6 Å². The van der Waals surface area contributed by atoms with Crippen molar-refractivity contribution in [3.05, 3.63) is 20.8 Å². The summed E-state index contributed by atoms with van der Waals surface area (Å²) in [6, 6.07) is 2.43. The number of amides is 1. The minimum atomic E-state index is 0.187. The first-order valence-corrected chi connectivity index (χ1v) is 9.45. The first kappa shape index (κ1) is 15.5. The molecule has 0 spiro atoms. The molecule has 0 saturated heterocycles. The molecule has 0 aliphatic heterocycles. The standard InChI is InChI=1S/C16H23BrN2OS/c1-19(8-10-5-14(17)21-9-10)16(20)13-6-11-3-2-4-12(7-13)15(11)18/h5,9,11-13,15H,2-4,6-8,18H2,1H3. The molecule has 21 heavy (non-hydrogen) atoms. The summed E-state index contributed by atoms with van der Waals surface area (Å²) in [5, 5.41) is 2.11. The van der Waals surface area contributed by atoms with E-state index < -0.39 is 0 Å². The van der Waals surface area contributed by atoms with Gasteiger partial charge in [-0.05, 0) is 70.5 Å². The van der Waals surface area contributed by atoms with Crippen molar-refractivity contribution >= 4 is 33.2 Å². The Morgan fingerprint density at radius 2 is 2.10 bits per heavy atom. The van der Waals surface area contributed by atoms with Crippen molar-refractivity contribution in [2.24, 2.45) is 23.5 Å². The van der Waals surface area contributed by atoms with Crippen LogP contribution in [0.2, 0.25) is 0 Å². The van der Waals surface area contributed by atoms with E-state index in [0.717, 1.165) is 16.6 Å². The minimum Gasteiger partial charge on any atom is -0.341 e. The summed E-state index contributed by atoms with van der Waals surface area (Å²) in [4.78, 5) is 14.6. The molecule has 2 N–H and O–H groups in total. The quantitative estimate of drug-likeness (QED) is 0.882. The molecule has 2 saturated carbocycles. The third-order valence-corrected chi connectivity index (χ3v) is 6.73. The van der Waals surface area contributed by atoms with Gasteiger partial charge in [-0.1, -0.05) is 6.42 Å². The Morgan fingerprint density at radius 1 is 1.43 bits per heavy atom. The highest BCUT2D eigenvalue weighted by molar-refractivity contribution is 9.11. The average molecular weight is 371 g/mol. The summed E-state index contributed by atoms with van der Waals surface area (Å²) >= 11 is 5.15. The SMILES string of the molecule is CN(Cc1csc(Br)c1)C(=O)C1CC2CCCC(C1)C2N. The lowest BCUT2D eigenvalue weighted by molar-refractivity contribution is -0.137. The number of fused-ring (bicyclic) bond motifs is 2. The van der Waals surface area contributed by atoms with Crippen molar-refractivity contribution < 1.29 is 4.79 Å². The van der Waals surface area contributed by atoms with Crippen molar-refractivity contribution in [2.75, 3.05) is 7.05 Å². The Kier molecular flexibility index (Phi) is 4.71. The molecule has 2 aliphatic rings. The van der Waals surface area contributed by atoms with Crippen molar-refractivity contribution in [1.82, 2.24) is 4.90 Å². The van der Waals surface area contributed by atoms with Crippen molar-refractivity contribution in [3.8, 4) is 0 Å². The van der Waals surface area contributed by atoms with E-state index in [1.54, 1.807) is 11.3 Å². The Morgan fingerprint density at radius 3 is 2.67 bits per heavy atom. The van der Waals surface area contributed by atoms with Gasteiger partial charge in [0.15, 0.2) is 0 Å². The van der Waals surface area contributed by atoms with E-state index in [1.807, 2.05) is 11.9 Å². The zero-order chi connectivity index (χ0) is 15.0. The second-order valence-corrected chi connectivity index (χ2v) is 8.94. The zero-order valence-corrected chi connectivity index (χ0v) is 14.8. The average Bonchev–Trinajstić information content (AvgIpc) is 2.83. The molecule has 3 nitrogen and oxygen atoms in total. The summed E-state index contributed by atoms with van der Waals surface area (Å²) in [5.74, 6) is 1.62. The lowest BCUT2D eigenvalue weighted by atomic mass is 9.65. The van der Waals surface area contributed by atoms with E-state index in [-0.39, 0.29) is 5.92 Å². The van der Waals surface area contributed by atoms with Crippen LogP contribution in [0.5, 0.6) is 0 Å². The van der Waals surface area contributed by atoms with Gasteiger partial charge in [0.2, 0.25) is 5.91 Å². The maximum absolute atomic E-state index is 12.7. The number of carbonyl (C=O) groups excluding carboxylic acids is 1. The van der Waals surface area contributed by atoms with Gasteiger partial charge in [-0.2, -0.15) is 0 Å². The van der Waals surface area contributed by atoms with Gasteiger partial charge in [0.25, 0.3) is 0 Å². The topological polar surface area (TPSA) is 46.3 Å². The van der Waals surface area contributed by atoms with E-state index >= 15 is 0 Å². The van der Waals surface area contributed by atoms with E-state index in [2.05, 4.69) is 27.4 Å². The second kappa shape index (κ2) is 6.39. The van der Waals surface area contributed by atoms with E-state index in [1.165, 1.54) is 24.8 Å². The molecule has 2 unspecified atom stereocenters. The van der Waals surface area contributed by atoms with Gasteiger partial charge in [0.1, 0.15) is 0 Å². The molecule has 0 radical (unpaired) electrons. The fourth-order valence-electron chi connectivity index (χ4n) is 4.08. The Hall–Kier alpha value is -0.390. The first-order chi connectivity index (χ1) is 10.0. The molecule has 2 aliphatic carbocycles. The van der Waals surface area contributed by atoms with Crippen LogP contribution in [0.3, 0.4) is 0 Å². The smallest absolute Gasteiger partial charge is 0.225 e. The fraction of sp³-hybridized carbons (Fsp3) is 0.688. The van der Waals surface area contributed by atoms with Crippen molar-refractivity contribution in [1.29, 1.82) is 0 Å². The normalized spacial score (nSPS) is 32.0. The monoisotopic (exact) mass is 370 g/mol. The Bertz CT molecular complexity index is 504. The number of hydrogen-bond acceptors (Lipinski definition) is 3. The summed E-state index contributed by atoms with van der Waals surface area (Å²) in [6.07, 6.45) is 5.70. The molecule has 1 aromatic rings. The number of rotatable bonds is 3. The van der Waals surface area contributed by atoms with Crippen LogP contribution < -0.4 is 5.73 Å². The molecule has 2 bridgehead atoms. The lowest BCUT2D eigenvalue weighted by Crippen LogP contribution is -2.49. The predicted octanol–water partition coefficient (Wildman–Crippen LogP) is 3.62. The predicted molar refractivity (Wildman–Crippen MR) is 90.0 cm³/mol. The van der Waals surface area contributed by atoms with Gasteiger partial charge in [-0.15, -0.1) is 11.3 Å².